The molecule has 2 aliphatic carbocycles. The van der Waals surface area contributed by atoms with Crippen LogP contribution in [0.15, 0.2) is 36.5 Å². The molecule has 2 rings (SSSR count). The Morgan fingerprint density at radius 3 is 1.74 bits per heavy atom. The molecule has 2 nitrogen and oxygen atoms in total. The van der Waals surface area contributed by atoms with E-state index in [4.69, 9.17) is 9.84 Å². The fourth-order valence-corrected chi connectivity index (χ4v) is 1.13. The largest absolute Gasteiger partial charge is 1.00 e. The number of rotatable bonds is 3. The van der Waals surface area contributed by atoms with Gasteiger partial charge in [-0.2, -0.15) is 12.2 Å². The second kappa shape index (κ2) is 20.5. The molecular formula is C14H18Cl2O2Zr-2. The zero-order valence-corrected chi connectivity index (χ0v) is 14.9. The van der Waals surface area contributed by atoms with Crippen molar-refractivity contribution in [2.24, 2.45) is 0 Å². The van der Waals surface area contributed by atoms with Gasteiger partial charge in [0.1, 0.15) is 0 Å². The Morgan fingerprint density at radius 2 is 1.63 bits per heavy atom. The maximum atomic E-state index is 8.19. The Bertz CT molecular complexity index is 269. The molecule has 0 aromatic rings. The van der Waals surface area contributed by atoms with Crippen molar-refractivity contribution in [3.63, 3.8) is 0 Å². The smallest absolute Gasteiger partial charge is 0.109 e. The number of allylic oxidation sites excluding steroid dienone is 8. The minimum atomic E-state index is 0. The van der Waals surface area contributed by atoms with Crippen LogP contribution in [-0.4, -0.2) is 21.7 Å². The molecule has 0 aromatic heterocycles. The standard InChI is InChI=1S/2C5H5.C4H8O2.2ClH.Zr/c2*1-2-4-5-3-1;1-2-6-4-3-5;;;/h2*1-3H,4H2;5H,3-4H2,1H3;2*1H;/q2*-1;;;;+2/p-2. The van der Waals surface area contributed by atoms with Gasteiger partial charge in [0, 0.05) is 0 Å². The van der Waals surface area contributed by atoms with Crippen LogP contribution in [0.2, 0.25) is 0 Å². The predicted molar refractivity (Wildman–Crippen MR) is 66.9 cm³/mol. The summed E-state index contributed by atoms with van der Waals surface area (Å²) in [4.78, 5) is 0. The molecule has 0 unspecified atom stereocenters. The van der Waals surface area contributed by atoms with Crippen LogP contribution in [0, 0.1) is 12.2 Å². The van der Waals surface area contributed by atoms with E-state index in [1.165, 1.54) is 24.2 Å². The minimum absolute atomic E-state index is 0. The van der Waals surface area contributed by atoms with Gasteiger partial charge < -0.3 is 24.8 Å². The summed E-state index contributed by atoms with van der Waals surface area (Å²) in [5, 5.41) is 8.19. The van der Waals surface area contributed by atoms with Gasteiger partial charge in [0.2, 0.25) is 0 Å². The SMILES string of the molecule is C[C](=[Zr+2])OCCO.[C-]1=CC=CC1.[C-]1=CC=CC1.[Cl-].[Cl-]. The van der Waals surface area contributed by atoms with Gasteiger partial charge in [0.05, 0.1) is 0 Å². The minimum Gasteiger partial charge on any atom is -1.00 e. The van der Waals surface area contributed by atoms with Crippen molar-refractivity contribution < 1.29 is 58.9 Å². The third-order valence-corrected chi connectivity index (χ3v) is 1.94. The Kier molecular flexibility index (Phi) is 26.2. The van der Waals surface area contributed by atoms with E-state index in [1.807, 2.05) is 31.2 Å². The van der Waals surface area contributed by atoms with E-state index in [2.05, 4.69) is 24.3 Å². The maximum absolute atomic E-state index is 8.19. The molecule has 0 bridgehead atoms. The van der Waals surface area contributed by atoms with Crippen LogP contribution in [0.3, 0.4) is 0 Å². The quantitative estimate of drug-likeness (QED) is 0.511. The molecular weight excluding hydrogens is 362 g/mol. The fourth-order valence-electron chi connectivity index (χ4n) is 0.879. The first-order chi connectivity index (χ1) is 8.27. The van der Waals surface area contributed by atoms with Crippen molar-refractivity contribution >= 4 is 3.39 Å². The molecule has 0 radical (unpaired) electrons. The molecule has 0 aliphatic heterocycles. The van der Waals surface area contributed by atoms with Crippen LogP contribution in [0.25, 0.3) is 0 Å². The summed E-state index contributed by atoms with van der Waals surface area (Å²) in [6, 6.07) is 0. The fraction of sp³-hybridized carbons (Fsp3) is 0.357. The summed E-state index contributed by atoms with van der Waals surface area (Å²) in [7, 11) is 0. The Hall–Kier alpha value is 0.213. The number of ether oxygens (including phenoxy) is 1. The van der Waals surface area contributed by atoms with Gasteiger partial charge in [-0.05, 0) is 0 Å². The summed E-state index contributed by atoms with van der Waals surface area (Å²) in [5.41, 5.74) is 0. The maximum Gasteiger partial charge on any atom is -0.109 e. The average molecular weight is 380 g/mol. The van der Waals surface area contributed by atoms with Gasteiger partial charge in [-0.25, -0.2) is 24.3 Å². The number of aliphatic hydroxyl groups excluding tert-OH is 1. The van der Waals surface area contributed by atoms with Crippen molar-refractivity contribution in [2.45, 2.75) is 19.8 Å². The predicted octanol–water partition coefficient (Wildman–Crippen LogP) is -3.69. The van der Waals surface area contributed by atoms with Gasteiger partial charge in [0.25, 0.3) is 0 Å². The molecule has 0 amide bonds. The normalized spacial score (nSPS) is 12.6. The van der Waals surface area contributed by atoms with Crippen LogP contribution in [0.1, 0.15) is 19.8 Å². The van der Waals surface area contributed by atoms with Crippen molar-refractivity contribution in [3.8, 4) is 0 Å². The number of aliphatic hydroxyl groups is 1. The first-order valence-corrected chi connectivity index (χ1v) is 6.72. The van der Waals surface area contributed by atoms with E-state index in [-0.39, 0.29) is 31.4 Å². The van der Waals surface area contributed by atoms with Crippen LogP contribution >= 0.6 is 0 Å². The molecule has 0 atom stereocenters. The zero-order valence-electron chi connectivity index (χ0n) is 10.9. The number of hydrogen-bond acceptors (Lipinski definition) is 2. The van der Waals surface area contributed by atoms with Crippen LogP contribution in [0.5, 0.6) is 0 Å². The van der Waals surface area contributed by atoms with E-state index < -0.39 is 0 Å². The molecule has 0 aromatic carbocycles. The first-order valence-electron chi connectivity index (χ1n) is 5.49. The van der Waals surface area contributed by atoms with Gasteiger partial charge >= 0.3 is 57.6 Å². The molecule has 5 heteroatoms. The van der Waals surface area contributed by atoms with Crippen LogP contribution in [0.4, 0.5) is 0 Å². The van der Waals surface area contributed by atoms with Gasteiger partial charge in [-0.15, -0.1) is 12.8 Å². The third kappa shape index (κ3) is 23.7. The summed E-state index contributed by atoms with van der Waals surface area (Å²) in [6.45, 7) is 2.46. The third-order valence-electron chi connectivity index (χ3n) is 1.58. The molecule has 2 aliphatic rings. The van der Waals surface area contributed by atoms with Crippen molar-refractivity contribution in [3.05, 3.63) is 48.6 Å². The van der Waals surface area contributed by atoms with E-state index >= 15 is 0 Å². The van der Waals surface area contributed by atoms with E-state index in [0.717, 1.165) is 16.2 Å². The average Bonchev–Trinajstić information content (AvgIpc) is 3.01. The molecule has 19 heavy (non-hydrogen) atoms. The molecule has 1 N–H and O–H groups in total. The van der Waals surface area contributed by atoms with Crippen molar-refractivity contribution in [1.29, 1.82) is 0 Å². The van der Waals surface area contributed by atoms with Crippen LogP contribution in [-0.2, 0) is 29.0 Å². The molecule has 0 saturated heterocycles. The molecule has 106 valence electrons. The number of halogens is 2. The second-order valence-electron chi connectivity index (χ2n) is 3.13. The summed E-state index contributed by atoms with van der Waals surface area (Å²) in [6.07, 6.45) is 20.0. The molecule has 0 spiro atoms. The van der Waals surface area contributed by atoms with Gasteiger partial charge in [0.15, 0.2) is 0 Å². The summed E-state index contributed by atoms with van der Waals surface area (Å²) in [5.74, 6) is 0. The van der Waals surface area contributed by atoms with Crippen molar-refractivity contribution in [2.75, 3.05) is 13.2 Å². The van der Waals surface area contributed by atoms with Crippen molar-refractivity contribution in [1.82, 2.24) is 0 Å². The van der Waals surface area contributed by atoms with Gasteiger partial charge in [-0.3, -0.25) is 12.2 Å². The van der Waals surface area contributed by atoms with E-state index in [0.29, 0.717) is 6.61 Å². The molecule has 0 heterocycles. The second-order valence-corrected chi connectivity index (χ2v) is 4.87. The van der Waals surface area contributed by atoms with Gasteiger partial charge in [-0.1, -0.05) is 0 Å². The molecule has 0 saturated carbocycles. The first kappa shape index (κ1) is 24.2. The monoisotopic (exact) mass is 378 g/mol. The number of hydrogen-bond donors (Lipinski definition) is 1. The Morgan fingerprint density at radius 1 is 1.16 bits per heavy atom. The zero-order chi connectivity index (χ0) is 12.8. The van der Waals surface area contributed by atoms with E-state index in [9.17, 15) is 0 Å². The topological polar surface area (TPSA) is 29.5 Å². The summed E-state index contributed by atoms with van der Waals surface area (Å²) < 4.78 is 5.88. The Balaban J connectivity index is -0.000000194. The molecule has 0 fully saturated rings. The summed E-state index contributed by atoms with van der Waals surface area (Å²) >= 11 is 1.28. The van der Waals surface area contributed by atoms with Crippen LogP contribution < -0.4 is 24.8 Å². The Labute approximate surface area is 143 Å². The van der Waals surface area contributed by atoms with E-state index in [1.54, 1.807) is 0 Å².